The third-order valence-corrected chi connectivity index (χ3v) is 3.88. The lowest BCUT2D eigenvalue weighted by molar-refractivity contribution is -0.119. The first-order valence-corrected chi connectivity index (χ1v) is 8.35. The van der Waals surface area contributed by atoms with Gasteiger partial charge in [0.1, 0.15) is 23.5 Å². The molecule has 2 heterocycles. The molecule has 0 aliphatic heterocycles. The molecule has 2 aromatic rings. The number of pyridine rings is 1. The van der Waals surface area contributed by atoms with Crippen LogP contribution in [0.15, 0.2) is 18.5 Å². The van der Waals surface area contributed by atoms with Crippen LogP contribution in [0, 0.1) is 17.2 Å². The second-order valence-corrected chi connectivity index (χ2v) is 6.51. The van der Waals surface area contributed by atoms with Gasteiger partial charge in [0.05, 0.1) is 24.6 Å². The monoisotopic (exact) mass is 370 g/mol. The van der Waals surface area contributed by atoms with Crippen LogP contribution in [-0.2, 0) is 16.6 Å². The Hall–Kier alpha value is -3.41. The number of ether oxygens (including phenoxy) is 1. The first-order valence-electron chi connectivity index (χ1n) is 8.35. The number of nitriles is 1. The molecule has 9 nitrogen and oxygen atoms in total. The van der Waals surface area contributed by atoms with Crippen molar-refractivity contribution in [3.05, 3.63) is 29.6 Å². The molecular formula is C18H22N6O3. The molecule has 3 N–H and O–H groups in total. The largest absolute Gasteiger partial charge is 0.465 e. The SMILES string of the molecule is COC(=O)c1c(C#N)cc(NC(CC(C)C)C(N)=O)nc1-c1cnn(C)c1. The molecule has 1 amide bonds. The summed E-state index contributed by atoms with van der Waals surface area (Å²) < 4.78 is 6.36. The van der Waals surface area contributed by atoms with E-state index in [-0.39, 0.29) is 28.6 Å². The summed E-state index contributed by atoms with van der Waals surface area (Å²) in [6, 6.07) is 2.73. The van der Waals surface area contributed by atoms with Gasteiger partial charge in [0, 0.05) is 18.8 Å². The highest BCUT2D eigenvalue weighted by molar-refractivity contribution is 5.99. The van der Waals surface area contributed by atoms with Crippen LogP contribution in [-0.4, -0.2) is 39.8 Å². The lowest BCUT2D eigenvalue weighted by Gasteiger charge is -2.19. The van der Waals surface area contributed by atoms with Gasteiger partial charge in [0.25, 0.3) is 0 Å². The highest BCUT2D eigenvalue weighted by Crippen LogP contribution is 2.28. The van der Waals surface area contributed by atoms with Crippen LogP contribution in [0.4, 0.5) is 5.82 Å². The summed E-state index contributed by atoms with van der Waals surface area (Å²) in [6.07, 6.45) is 3.69. The fourth-order valence-electron chi connectivity index (χ4n) is 2.66. The summed E-state index contributed by atoms with van der Waals surface area (Å²) in [5.41, 5.74) is 6.37. The molecule has 0 saturated heterocycles. The van der Waals surface area contributed by atoms with Gasteiger partial charge in [-0.2, -0.15) is 10.4 Å². The summed E-state index contributed by atoms with van der Waals surface area (Å²) in [4.78, 5) is 28.4. The van der Waals surface area contributed by atoms with Gasteiger partial charge in [-0.1, -0.05) is 13.8 Å². The Kier molecular flexibility index (Phi) is 6.13. The summed E-state index contributed by atoms with van der Waals surface area (Å²) in [5, 5.41) is 16.6. The van der Waals surface area contributed by atoms with E-state index in [0.717, 1.165) is 0 Å². The minimum Gasteiger partial charge on any atom is -0.465 e. The van der Waals surface area contributed by atoms with Crippen LogP contribution in [0.3, 0.4) is 0 Å². The molecule has 142 valence electrons. The number of primary amides is 1. The maximum absolute atomic E-state index is 12.2. The lowest BCUT2D eigenvalue weighted by atomic mass is 10.0. The number of esters is 1. The highest BCUT2D eigenvalue weighted by atomic mass is 16.5. The first kappa shape index (κ1) is 19.9. The second kappa shape index (κ2) is 8.31. The quantitative estimate of drug-likeness (QED) is 0.704. The Morgan fingerprint density at radius 2 is 2.15 bits per heavy atom. The average Bonchev–Trinajstić information content (AvgIpc) is 3.05. The molecule has 9 heteroatoms. The number of nitrogens with zero attached hydrogens (tertiary/aromatic N) is 4. The topological polar surface area (TPSA) is 136 Å². The van der Waals surface area contributed by atoms with Crippen LogP contribution in [0.5, 0.6) is 0 Å². The van der Waals surface area contributed by atoms with Crippen LogP contribution >= 0.6 is 0 Å². The first-order chi connectivity index (χ1) is 12.8. The molecule has 0 spiro atoms. The maximum Gasteiger partial charge on any atom is 0.341 e. The molecule has 0 aliphatic carbocycles. The number of carbonyl (C=O) groups is 2. The number of aryl methyl sites for hydroxylation is 1. The fraction of sp³-hybridized carbons (Fsp3) is 0.389. The summed E-state index contributed by atoms with van der Waals surface area (Å²) in [6.45, 7) is 3.93. The summed E-state index contributed by atoms with van der Waals surface area (Å²) >= 11 is 0. The molecular weight excluding hydrogens is 348 g/mol. The third-order valence-electron chi connectivity index (χ3n) is 3.88. The number of nitrogens with two attached hydrogens (primary N) is 1. The summed E-state index contributed by atoms with van der Waals surface area (Å²) in [7, 11) is 2.95. The van der Waals surface area contributed by atoms with E-state index in [9.17, 15) is 14.9 Å². The van der Waals surface area contributed by atoms with Crippen LogP contribution in [0.25, 0.3) is 11.3 Å². The number of aromatic nitrogens is 3. The molecule has 2 rings (SSSR count). The van der Waals surface area contributed by atoms with Gasteiger partial charge < -0.3 is 15.8 Å². The smallest absolute Gasteiger partial charge is 0.341 e. The van der Waals surface area contributed by atoms with Crippen molar-refractivity contribution in [1.82, 2.24) is 14.8 Å². The van der Waals surface area contributed by atoms with Crippen molar-refractivity contribution in [2.75, 3.05) is 12.4 Å². The number of hydrogen-bond acceptors (Lipinski definition) is 7. The molecule has 0 fully saturated rings. The van der Waals surface area contributed by atoms with Crippen molar-refractivity contribution in [3.8, 4) is 17.3 Å². The highest BCUT2D eigenvalue weighted by Gasteiger charge is 2.24. The van der Waals surface area contributed by atoms with E-state index in [1.807, 2.05) is 19.9 Å². The van der Waals surface area contributed by atoms with E-state index < -0.39 is 17.9 Å². The minimum absolute atomic E-state index is 0.0398. The van der Waals surface area contributed by atoms with E-state index in [1.165, 1.54) is 19.4 Å². The normalized spacial score (nSPS) is 11.7. The van der Waals surface area contributed by atoms with Gasteiger partial charge in [-0.05, 0) is 18.4 Å². The van der Waals surface area contributed by atoms with Gasteiger partial charge in [-0.15, -0.1) is 0 Å². The van der Waals surface area contributed by atoms with E-state index in [2.05, 4.69) is 15.4 Å². The Morgan fingerprint density at radius 1 is 1.44 bits per heavy atom. The fourth-order valence-corrected chi connectivity index (χ4v) is 2.66. The Labute approximate surface area is 157 Å². The van der Waals surface area contributed by atoms with Gasteiger partial charge in [-0.25, -0.2) is 9.78 Å². The van der Waals surface area contributed by atoms with E-state index in [0.29, 0.717) is 12.0 Å². The van der Waals surface area contributed by atoms with E-state index in [4.69, 9.17) is 10.5 Å². The van der Waals surface area contributed by atoms with Gasteiger partial charge in [-0.3, -0.25) is 9.48 Å². The molecule has 1 unspecified atom stereocenters. The average molecular weight is 370 g/mol. The lowest BCUT2D eigenvalue weighted by Crippen LogP contribution is -2.36. The second-order valence-electron chi connectivity index (χ2n) is 6.51. The zero-order valence-corrected chi connectivity index (χ0v) is 15.7. The van der Waals surface area contributed by atoms with Crippen molar-refractivity contribution < 1.29 is 14.3 Å². The van der Waals surface area contributed by atoms with Crippen LogP contribution < -0.4 is 11.1 Å². The third kappa shape index (κ3) is 4.61. The van der Waals surface area contributed by atoms with Crippen molar-refractivity contribution in [2.24, 2.45) is 18.7 Å². The maximum atomic E-state index is 12.2. The molecule has 0 saturated carbocycles. The van der Waals surface area contributed by atoms with Crippen molar-refractivity contribution in [1.29, 1.82) is 5.26 Å². The predicted octanol–water partition coefficient (Wildman–Crippen LogP) is 1.45. The Bertz CT molecular complexity index is 897. The van der Waals surface area contributed by atoms with Gasteiger partial charge in [0.15, 0.2) is 0 Å². The van der Waals surface area contributed by atoms with Gasteiger partial charge in [0.2, 0.25) is 5.91 Å². The van der Waals surface area contributed by atoms with Crippen molar-refractivity contribution in [2.45, 2.75) is 26.3 Å². The molecule has 27 heavy (non-hydrogen) atoms. The van der Waals surface area contributed by atoms with Crippen LogP contribution in [0.2, 0.25) is 0 Å². The molecule has 1 atom stereocenters. The molecule has 0 bridgehead atoms. The number of rotatable bonds is 7. The van der Waals surface area contributed by atoms with Crippen molar-refractivity contribution in [3.63, 3.8) is 0 Å². The number of methoxy groups -OCH3 is 1. The minimum atomic E-state index is -0.682. The number of anilines is 1. The number of carbonyl (C=O) groups excluding carboxylic acids is 2. The molecule has 0 radical (unpaired) electrons. The Balaban J connectivity index is 2.59. The van der Waals surface area contributed by atoms with Crippen molar-refractivity contribution >= 4 is 17.7 Å². The number of amides is 1. The zero-order chi connectivity index (χ0) is 20.1. The molecule has 0 aliphatic rings. The zero-order valence-electron chi connectivity index (χ0n) is 15.7. The van der Waals surface area contributed by atoms with E-state index in [1.54, 1.807) is 17.9 Å². The number of hydrogen-bond donors (Lipinski definition) is 2. The van der Waals surface area contributed by atoms with E-state index >= 15 is 0 Å². The summed E-state index contributed by atoms with van der Waals surface area (Å²) in [5.74, 6) is -0.720. The molecule has 0 aromatic carbocycles. The number of nitrogens with one attached hydrogen (secondary N) is 1. The van der Waals surface area contributed by atoms with Crippen LogP contribution in [0.1, 0.15) is 36.2 Å². The molecule has 2 aromatic heterocycles. The predicted molar refractivity (Wildman–Crippen MR) is 98.6 cm³/mol. The standard InChI is InChI=1S/C18H22N6O3/c1-10(2)5-13(17(20)25)22-14-6-11(7-19)15(18(26)27-4)16(23-14)12-8-21-24(3)9-12/h6,8-10,13H,5H2,1-4H3,(H2,20,25)(H,22,23). The Morgan fingerprint density at radius 3 is 2.63 bits per heavy atom. The van der Waals surface area contributed by atoms with Gasteiger partial charge >= 0.3 is 5.97 Å².